The van der Waals surface area contributed by atoms with Gasteiger partial charge < -0.3 is 15.7 Å². The number of hydrogen-bond donors (Lipinski definition) is 3. The number of benzene rings is 1. The standard InChI is InChI=1S/C23H26F2N6O/c1-22-7-8-23(2,30-22)11-14(10-22)12-26-19-9-17(24)21(28-27-19)20-16(13-31(25)29-20)15-5-3-4-6-18(15)32/h3-6,9,13-14,30,32H,7-8,10-12H2,1-2H3,(H,26,27). The number of piperidine rings is 1. The Bertz CT molecular complexity index is 1150. The minimum Gasteiger partial charge on any atom is -0.507 e. The Balaban J connectivity index is 1.35. The zero-order valence-corrected chi connectivity index (χ0v) is 18.1. The van der Waals surface area contributed by atoms with Crippen LogP contribution in [0, 0.1) is 11.7 Å². The first kappa shape index (κ1) is 20.8. The molecule has 2 aliphatic heterocycles. The van der Waals surface area contributed by atoms with Crippen molar-refractivity contribution in [1.82, 2.24) is 25.5 Å². The molecule has 0 saturated carbocycles. The molecule has 2 aliphatic rings. The van der Waals surface area contributed by atoms with Gasteiger partial charge in [0.25, 0.3) is 0 Å². The van der Waals surface area contributed by atoms with Crippen molar-refractivity contribution in [3.05, 3.63) is 42.3 Å². The molecule has 5 rings (SSSR count). The topological polar surface area (TPSA) is 87.9 Å². The molecular formula is C23H26F2N6O. The number of halogens is 2. The molecule has 0 amide bonds. The Morgan fingerprint density at radius 1 is 1.12 bits per heavy atom. The van der Waals surface area contributed by atoms with Crippen LogP contribution in [0.5, 0.6) is 5.75 Å². The van der Waals surface area contributed by atoms with Gasteiger partial charge >= 0.3 is 0 Å². The monoisotopic (exact) mass is 440 g/mol. The molecule has 3 N–H and O–H groups in total. The Morgan fingerprint density at radius 2 is 1.84 bits per heavy atom. The third-order valence-electron chi connectivity index (χ3n) is 6.73. The van der Waals surface area contributed by atoms with Crippen LogP contribution in [0.15, 0.2) is 36.5 Å². The third kappa shape index (κ3) is 3.81. The lowest BCUT2D eigenvalue weighted by Gasteiger charge is -2.42. The summed E-state index contributed by atoms with van der Waals surface area (Å²) in [4.78, 5) is 0.0803. The number of nitrogens with zero attached hydrogens (tertiary/aromatic N) is 4. The van der Waals surface area contributed by atoms with E-state index in [-0.39, 0.29) is 38.7 Å². The van der Waals surface area contributed by atoms with Gasteiger partial charge in [0.1, 0.15) is 17.1 Å². The van der Waals surface area contributed by atoms with Crippen molar-refractivity contribution in [2.75, 3.05) is 11.9 Å². The second-order valence-electron chi connectivity index (χ2n) is 9.62. The van der Waals surface area contributed by atoms with Crippen molar-refractivity contribution in [3.8, 4) is 28.3 Å². The molecule has 32 heavy (non-hydrogen) atoms. The SMILES string of the molecule is CC12CCC(C)(CC(CNc3cc(F)c(-c4nn(F)cc4-c4ccccc4O)nn3)C1)N2. The van der Waals surface area contributed by atoms with Gasteiger partial charge in [-0.1, -0.05) is 22.7 Å². The summed E-state index contributed by atoms with van der Waals surface area (Å²) in [6.07, 6.45) is 5.53. The lowest BCUT2D eigenvalue weighted by molar-refractivity contribution is 0.178. The fraction of sp³-hybridized carbons (Fsp3) is 0.435. The van der Waals surface area contributed by atoms with Crippen LogP contribution in [0.4, 0.5) is 14.7 Å². The van der Waals surface area contributed by atoms with Gasteiger partial charge in [-0.15, -0.1) is 20.2 Å². The summed E-state index contributed by atoms with van der Waals surface area (Å²) in [5, 5.41) is 28.9. The van der Waals surface area contributed by atoms with Crippen LogP contribution in [0.25, 0.3) is 22.5 Å². The molecule has 2 aromatic heterocycles. The number of phenols is 1. The van der Waals surface area contributed by atoms with E-state index in [1.807, 2.05) is 0 Å². The Kier molecular flexibility index (Phi) is 4.88. The lowest BCUT2D eigenvalue weighted by Crippen LogP contribution is -2.54. The number of hydrogen-bond acceptors (Lipinski definition) is 6. The van der Waals surface area contributed by atoms with Crippen LogP contribution in [-0.4, -0.2) is 42.9 Å². The highest BCUT2D eigenvalue weighted by atomic mass is 19.2. The molecule has 1 aromatic carbocycles. The maximum absolute atomic E-state index is 15.0. The summed E-state index contributed by atoms with van der Waals surface area (Å²) in [5.41, 5.74) is 0.671. The highest BCUT2D eigenvalue weighted by molar-refractivity contribution is 5.82. The van der Waals surface area contributed by atoms with E-state index in [4.69, 9.17) is 0 Å². The van der Waals surface area contributed by atoms with Crippen molar-refractivity contribution in [2.45, 2.75) is 50.6 Å². The molecule has 0 aliphatic carbocycles. The van der Waals surface area contributed by atoms with Gasteiger partial charge in [-0.3, -0.25) is 0 Å². The van der Waals surface area contributed by atoms with Crippen molar-refractivity contribution in [1.29, 1.82) is 0 Å². The zero-order valence-electron chi connectivity index (χ0n) is 18.1. The van der Waals surface area contributed by atoms with Gasteiger partial charge in [-0.05, 0) is 51.5 Å². The summed E-state index contributed by atoms with van der Waals surface area (Å²) < 4.78 is 28.9. The smallest absolute Gasteiger partial charge is 0.156 e. The molecule has 9 heteroatoms. The van der Waals surface area contributed by atoms with Crippen LogP contribution < -0.4 is 10.6 Å². The number of phenolic OH excluding ortho intramolecular Hbond substituents is 1. The van der Waals surface area contributed by atoms with E-state index < -0.39 is 5.82 Å². The van der Waals surface area contributed by atoms with Gasteiger partial charge in [-0.2, -0.15) is 0 Å². The first-order valence-electron chi connectivity index (χ1n) is 10.8. The average Bonchev–Trinajstić information content (AvgIpc) is 3.22. The summed E-state index contributed by atoms with van der Waals surface area (Å²) in [5.74, 6) is 0.0540. The Morgan fingerprint density at radius 3 is 2.53 bits per heavy atom. The second kappa shape index (κ2) is 7.51. The Labute approximate surface area is 184 Å². The highest BCUT2D eigenvalue weighted by Gasteiger charge is 2.48. The molecule has 2 bridgehead atoms. The van der Waals surface area contributed by atoms with Crippen molar-refractivity contribution in [2.24, 2.45) is 5.92 Å². The first-order chi connectivity index (χ1) is 15.2. The molecular weight excluding hydrogens is 414 g/mol. The van der Waals surface area contributed by atoms with Crippen molar-refractivity contribution >= 4 is 5.82 Å². The third-order valence-corrected chi connectivity index (χ3v) is 6.73. The van der Waals surface area contributed by atoms with Crippen LogP contribution in [-0.2, 0) is 0 Å². The van der Waals surface area contributed by atoms with Crippen molar-refractivity contribution < 1.29 is 14.0 Å². The van der Waals surface area contributed by atoms with Crippen LogP contribution in [0.1, 0.15) is 39.5 Å². The molecule has 2 saturated heterocycles. The fourth-order valence-electron chi connectivity index (χ4n) is 5.49. The van der Waals surface area contributed by atoms with E-state index in [1.54, 1.807) is 18.2 Å². The number of anilines is 1. The number of para-hydroxylation sites is 1. The summed E-state index contributed by atoms with van der Waals surface area (Å²) in [6.45, 7) is 5.22. The first-order valence-corrected chi connectivity index (χ1v) is 10.8. The molecule has 4 heterocycles. The molecule has 0 radical (unpaired) electrons. The van der Waals surface area contributed by atoms with Crippen LogP contribution in [0.3, 0.4) is 0 Å². The maximum Gasteiger partial charge on any atom is 0.156 e. The van der Waals surface area contributed by atoms with Gasteiger partial charge in [0.05, 0.1) is 6.20 Å². The van der Waals surface area contributed by atoms with Crippen LogP contribution in [0.2, 0.25) is 0 Å². The van der Waals surface area contributed by atoms with E-state index >= 15 is 0 Å². The maximum atomic E-state index is 15.0. The molecule has 3 aromatic rings. The van der Waals surface area contributed by atoms with E-state index in [9.17, 15) is 14.0 Å². The molecule has 2 unspecified atom stereocenters. The Hall–Kier alpha value is -3.07. The van der Waals surface area contributed by atoms with Crippen molar-refractivity contribution in [3.63, 3.8) is 0 Å². The minimum absolute atomic E-state index is 0.0265. The quantitative estimate of drug-likeness (QED) is 0.548. The molecule has 7 nitrogen and oxygen atoms in total. The number of nitrogens with one attached hydrogen (secondary N) is 2. The van der Waals surface area contributed by atoms with Crippen LogP contribution >= 0.6 is 0 Å². The predicted molar refractivity (Wildman–Crippen MR) is 117 cm³/mol. The predicted octanol–water partition coefficient (Wildman–Crippen LogP) is 4.31. The number of aromatic hydroxyl groups is 1. The van der Waals surface area contributed by atoms with E-state index in [0.29, 0.717) is 23.8 Å². The van der Waals surface area contributed by atoms with Gasteiger partial charge in [0, 0.05) is 34.8 Å². The minimum atomic E-state index is -0.665. The normalized spacial score (nSPS) is 26.9. The number of aromatic nitrogens is 4. The summed E-state index contributed by atoms with van der Waals surface area (Å²) >= 11 is 0. The largest absolute Gasteiger partial charge is 0.507 e. The summed E-state index contributed by atoms with van der Waals surface area (Å²) in [6, 6.07) is 7.67. The molecule has 0 spiro atoms. The number of rotatable bonds is 5. The van der Waals surface area contributed by atoms with E-state index in [1.165, 1.54) is 25.0 Å². The van der Waals surface area contributed by atoms with E-state index in [0.717, 1.165) is 19.0 Å². The second-order valence-corrected chi connectivity index (χ2v) is 9.62. The molecule has 168 valence electrons. The highest BCUT2D eigenvalue weighted by Crippen LogP contribution is 2.44. The number of fused-ring (bicyclic) bond motifs is 2. The lowest BCUT2D eigenvalue weighted by atomic mass is 9.80. The van der Waals surface area contributed by atoms with Gasteiger partial charge in [-0.25, -0.2) is 4.39 Å². The fourth-order valence-corrected chi connectivity index (χ4v) is 5.49. The summed E-state index contributed by atoms with van der Waals surface area (Å²) in [7, 11) is 0. The molecule has 2 atom stereocenters. The van der Waals surface area contributed by atoms with E-state index in [2.05, 4.69) is 39.8 Å². The average molecular weight is 440 g/mol. The zero-order chi connectivity index (χ0) is 22.5. The van der Waals surface area contributed by atoms with Gasteiger partial charge in [0.15, 0.2) is 11.6 Å². The molecule has 2 fully saturated rings. The van der Waals surface area contributed by atoms with Gasteiger partial charge in [0.2, 0.25) is 0 Å².